The summed E-state index contributed by atoms with van der Waals surface area (Å²) in [6.07, 6.45) is -1.90. The Balaban J connectivity index is 1.36. The van der Waals surface area contributed by atoms with Gasteiger partial charge in [0.2, 0.25) is 5.43 Å². The van der Waals surface area contributed by atoms with E-state index in [1.54, 1.807) is 23.2 Å². The minimum atomic E-state index is -4.40. The van der Waals surface area contributed by atoms with E-state index in [1.807, 2.05) is 21.6 Å². The Morgan fingerprint density at radius 2 is 1.68 bits per heavy atom. The van der Waals surface area contributed by atoms with E-state index in [0.717, 1.165) is 36.2 Å². The molecule has 1 amide bonds. The summed E-state index contributed by atoms with van der Waals surface area (Å²) in [4.78, 5) is 29.5. The zero-order valence-corrected chi connectivity index (χ0v) is 16.7. The van der Waals surface area contributed by atoms with Gasteiger partial charge in [-0.25, -0.2) is 0 Å². The highest BCUT2D eigenvalue weighted by atomic mass is 19.4. The van der Waals surface area contributed by atoms with Crippen molar-refractivity contribution in [2.24, 2.45) is 0 Å². The van der Waals surface area contributed by atoms with Gasteiger partial charge in [0.1, 0.15) is 5.56 Å². The minimum Gasteiger partial charge on any atom is -0.368 e. The molecule has 2 aliphatic heterocycles. The third kappa shape index (κ3) is 3.36. The zero-order valence-electron chi connectivity index (χ0n) is 16.7. The van der Waals surface area contributed by atoms with E-state index in [4.69, 9.17) is 0 Å². The van der Waals surface area contributed by atoms with Crippen molar-refractivity contribution in [2.45, 2.75) is 19.1 Å². The summed E-state index contributed by atoms with van der Waals surface area (Å²) in [5, 5.41) is 0.559. The van der Waals surface area contributed by atoms with Crippen molar-refractivity contribution in [2.75, 3.05) is 31.1 Å². The van der Waals surface area contributed by atoms with Gasteiger partial charge in [-0.2, -0.15) is 13.2 Å². The van der Waals surface area contributed by atoms with Crippen molar-refractivity contribution in [3.05, 3.63) is 75.6 Å². The maximum atomic E-state index is 13.1. The molecule has 31 heavy (non-hydrogen) atoms. The average Bonchev–Trinajstić information content (AvgIpc) is 3.19. The molecule has 0 radical (unpaired) electrons. The predicted octanol–water partition coefficient (Wildman–Crippen LogP) is 3.54. The fraction of sp³-hybridized carbons (Fsp3) is 0.304. The first kappa shape index (κ1) is 19.7. The van der Waals surface area contributed by atoms with Crippen LogP contribution >= 0.6 is 0 Å². The lowest BCUT2D eigenvalue weighted by Crippen LogP contribution is -2.49. The normalized spacial score (nSPS) is 16.2. The molecular formula is C23H20F3N3O2. The number of carbonyl (C=O) groups is 1. The molecule has 5 nitrogen and oxygen atoms in total. The Morgan fingerprint density at radius 1 is 0.935 bits per heavy atom. The van der Waals surface area contributed by atoms with E-state index in [2.05, 4.69) is 0 Å². The molecule has 5 rings (SSSR count). The van der Waals surface area contributed by atoms with Crippen LogP contribution in [0.3, 0.4) is 0 Å². The predicted molar refractivity (Wildman–Crippen MR) is 111 cm³/mol. The molecule has 0 N–H and O–H groups in total. The van der Waals surface area contributed by atoms with Crippen LogP contribution in [0.25, 0.3) is 10.9 Å². The molecule has 0 aliphatic carbocycles. The van der Waals surface area contributed by atoms with Gasteiger partial charge < -0.3 is 14.4 Å². The van der Waals surface area contributed by atoms with Crippen molar-refractivity contribution in [3.8, 4) is 0 Å². The largest absolute Gasteiger partial charge is 0.416 e. The summed E-state index contributed by atoms with van der Waals surface area (Å²) in [5.41, 5.74) is 1.69. The highest BCUT2D eigenvalue weighted by Gasteiger charge is 2.32. The van der Waals surface area contributed by atoms with Gasteiger partial charge in [0.25, 0.3) is 5.91 Å². The molecular weight excluding hydrogens is 407 g/mol. The maximum Gasteiger partial charge on any atom is 0.416 e. The summed E-state index contributed by atoms with van der Waals surface area (Å²) in [7, 11) is 0. The molecule has 1 aromatic heterocycles. The van der Waals surface area contributed by atoms with Crippen LogP contribution in [0.5, 0.6) is 0 Å². The first-order valence-corrected chi connectivity index (χ1v) is 10.2. The number of aryl methyl sites for hydroxylation is 2. The number of piperazine rings is 1. The highest BCUT2D eigenvalue weighted by Crippen LogP contribution is 2.32. The molecule has 1 saturated heterocycles. The molecule has 2 aromatic carbocycles. The lowest BCUT2D eigenvalue weighted by molar-refractivity contribution is -0.137. The van der Waals surface area contributed by atoms with E-state index in [9.17, 15) is 22.8 Å². The van der Waals surface area contributed by atoms with Crippen molar-refractivity contribution >= 4 is 22.5 Å². The van der Waals surface area contributed by atoms with Gasteiger partial charge in [0, 0.05) is 50.0 Å². The Kier molecular flexibility index (Phi) is 4.53. The van der Waals surface area contributed by atoms with Crippen LogP contribution in [0.2, 0.25) is 0 Å². The summed E-state index contributed by atoms with van der Waals surface area (Å²) in [6, 6.07) is 10.8. The van der Waals surface area contributed by atoms with E-state index in [0.29, 0.717) is 37.3 Å². The minimum absolute atomic E-state index is 0.152. The summed E-state index contributed by atoms with van der Waals surface area (Å²) >= 11 is 0. The first-order chi connectivity index (χ1) is 14.8. The summed E-state index contributed by atoms with van der Waals surface area (Å²) in [6.45, 7) is 2.22. The number of carbonyl (C=O) groups excluding carboxylic acids is 1. The Morgan fingerprint density at radius 3 is 2.42 bits per heavy atom. The molecule has 2 aliphatic rings. The standard InChI is InChI=1S/C23H20F3N3O2/c24-23(25,26)16-4-2-5-17(13-16)27-9-11-28(12-10-27)22(31)19-14-29-8-7-15-3-1-6-18(20(15)29)21(19)30/h1-6,13-14H,7-12H2. The van der Waals surface area contributed by atoms with Crippen molar-refractivity contribution in [1.29, 1.82) is 0 Å². The summed E-state index contributed by atoms with van der Waals surface area (Å²) < 4.78 is 41.0. The fourth-order valence-corrected chi connectivity index (χ4v) is 4.53. The van der Waals surface area contributed by atoms with E-state index in [1.165, 1.54) is 6.07 Å². The van der Waals surface area contributed by atoms with Crippen LogP contribution < -0.4 is 10.3 Å². The third-order valence-corrected chi connectivity index (χ3v) is 6.14. The van der Waals surface area contributed by atoms with Gasteiger partial charge in [-0.15, -0.1) is 0 Å². The van der Waals surface area contributed by atoms with E-state index < -0.39 is 11.7 Å². The Hall–Kier alpha value is -3.29. The SMILES string of the molecule is O=C(c1cn2c3c(cccc3c1=O)CC2)N1CCN(c2cccc(C(F)(F)F)c2)CC1. The van der Waals surface area contributed by atoms with E-state index >= 15 is 0 Å². The first-order valence-electron chi connectivity index (χ1n) is 10.2. The topological polar surface area (TPSA) is 45.6 Å². The third-order valence-electron chi connectivity index (χ3n) is 6.14. The number of anilines is 1. The smallest absolute Gasteiger partial charge is 0.368 e. The van der Waals surface area contributed by atoms with Crippen molar-refractivity contribution in [3.63, 3.8) is 0 Å². The number of nitrogens with zero attached hydrogens (tertiary/aromatic N) is 3. The number of amides is 1. The highest BCUT2D eigenvalue weighted by molar-refractivity contribution is 5.98. The van der Waals surface area contributed by atoms with E-state index in [-0.39, 0.29) is 16.9 Å². The Labute approximate surface area is 176 Å². The lowest BCUT2D eigenvalue weighted by atomic mass is 10.1. The molecule has 0 saturated carbocycles. The molecule has 1 fully saturated rings. The number of para-hydroxylation sites is 1. The maximum absolute atomic E-state index is 13.1. The number of halogens is 3. The molecule has 160 valence electrons. The van der Waals surface area contributed by atoms with Crippen LogP contribution in [0.15, 0.2) is 53.5 Å². The van der Waals surface area contributed by atoms with Crippen LogP contribution in [0, 0.1) is 0 Å². The monoisotopic (exact) mass is 427 g/mol. The molecule has 3 aromatic rings. The van der Waals surface area contributed by atoms with Gasteiger partial charge in [-0.1, -0.05) is 18.2 Å². The van der Waals surface area contributed by atoms with Crippen LogP contribution in [-0.2, 0) is 19.1 Å². The second-order valence-corrected chi connectivity index (χ2v) is 7.96. The molecule has 0 atom stereocenters. The van der Waals surface area contributed by atoms with Gasteiger partial charge in [-0.3, -0.25) is 9.59 Å². The number of rotatable bonds is 2. The van der Waals surface area contributed by atoms with Gasteiger partial charge in [0.15, 0.2) is 0 Å². The van der Waals surface area contributed by atoms with Gasteiger partial charge >= 0.3 is 6.18 Å². The number of hydrogen-bond acceptors (Lipinski definition) is 3. The van der Waals surface area contributed by atoms with Crippen LogP contribution in [-0.4, -0.2) is 41.6 Å². The van der Waals surface area contributed by atoms with Gasteiger partial charge in [0.05, 0.1) is 11.1 Å². The van der Waals surface area contributed by atoms with Gasteiger partial charge in [-0.05, 0) is 36.2 Å². The van der Waals surface area contributed by atoms with Crippen LogP contribution in [0.1, 0.15) is 21.5 Å². The van der Waals surface area contributed by atoms with Crippen molar-refractivity contribution in [1.82, 2.24) is 9.47 Å². The number of aromatic nitrogens is 1. The number of hydrogen-bond donors (Lipinski definition) is 0. The quantitative estimate of drug-likeness (QED) is 0.629. The molecule has 8 heteroatoms. The average molecular weight is 427 g/mol. The molecule has 0 spiro atoms. The Bertz CT molecular complexity index is 1240. The lowest BCUT2D eigenvalue weighted by Gasteiger charge is -2.36. The summed E-state index contributed by atoms with van der Waals surface area (Å²) in [5.74, 6) is -0.323. The number of pyridine rings is 1. The second-order valence-electron chi connectivity index (χ2n) is 7.96. The second kappa shape index (κ2) is 7.14. The molecule has 3 heterocycles. The van der Waals surface area contributed by atoms with Crippen LogP contribution in [0.4, 0.5) is 18.9 Å². The molecule has 0 bridgehead atoms. The fourth-order valence-electron chi connectivity index (χ4n) is 4.53. The molecule has 0 unspecified atom stereocenters. The zero-order chi connectivity index (χ0) is 21.8. The number of alkyl halides is 3. The number of benzene rings is 2. The van der Waals surface area contributed by atoms with Crippen molar-refractivity contribution < 1.29 is 18.0 Å².